The molecule has 3 aromatic rings. The van der Waals surface area contributed by atoms with Gasteiger partial charge in [0.1, 0.15) is 0 Å². The Labute approximate surface area is 133 Å². The molecule has 0 atom stereocenters. The minimum absolute atomic E-state index is 0.105. The number of carbonyl (C=O) groups excluding carboxylic acids is 1. The summed E-state index contributed by atoms with van der Waals surface area (Å²) in [6, 6.07) is 9.98. The number of nitrogens with two attached hydrogens (primary N) is 1. The van der Waals surface area contributed by atoms with Crippen LogP contribution in [0.15, 0.2) is 46.1 Å². The van der Waals surface area contributed by atoms with Crippen LogP contribution in [0.2, 0.25) is 5.02 Å². The van der Waals surface area contributed by atoms with E-state index in [-0.39, 0.29) is 17.2 Å². The number of hydrogen-bond acceptors (Lipinski definition) is 5. The molecule has 0 amide bonds. The molecule has 0 saturated carbocycles. The number of rotatable bonds is 1. The van der Waals surface area contributed by atoms with Gasteiger partial charge in [-0.25, -0.2) is 4.98 Å². The van der Waals surface area contributed by atoms with Crippen molar-refractivity contribution in [1.29, 1.82) is 0 Å². The maximum Gasteiger partial charge on any atom is 0.266 e. The zero-order valence-electron chi connectivity index (χ0n) is 11.0. The molecule has 0 saturated heterocycles. The molecule has 22 heavy (non-hydrogen) atoms. The first kappa shape index (κ1) is 13.5. The average molecular weight is 330 g/mol. The molecule has 2 heterocycles. The Morgan fingerprint density at radius 3 is 2.73 bits per heavy atom. The van der Waals surface area contributed by atoms with Crippen molar-refractivity contribution in [3.05, 3.63) is 63.2 Å². The fraction of sp³-hybridized carbons (Fsp3) is 0. The lowest BCUT2D eigenvalue weighted by atomic mass is 10.1. The van der Waals surface area contributed by atoms with E-state index in [1.807, 2.05) is 0 Å². The van der Waals surface area contributed by atoms with Crippen LogP contribution in [-0.4, -0.2) is 15.3 Å². The Bertz CT molecular complexity index is 1030. The van der Waals surface area contributed by atoms with Crippen LogP contribution in [-0.2, 0) is 0 Å². The Kier molecular flexibility index (Phi) is 2.87. The van der Waals surface area contributed by atoms with E-state index in [0.29, 0.717) is 27.2 Å². The van der Waals surface area contributed by atoms with Crippen LogP contribution < -0.4 is 10.7 Å². The number of fused-ring (bicyclic) bond motifs is 4. The summed E-state index contributed by atoms with van der Waals surface area (Å²) < 4.78 is 1.35. The molecule has 0 radical (unpaired) electrons. The number of hydrogen-bond donors (Lipinski definition) is 1. The number of aromatic nitrogens is 2. The molecular weight excluding hydrogens is 322 g/mol. The van der Waals surface area contributed by atoms with Crippen molar-refractivity contribution >= 4 is 40.2 Å². The van der Waals surface area contributed by atoms with Gasteiger partial charge in [0.25, 0.3) is 5.56 Å². The Morgan fingerprint density at radius 2 is 1.95 bits per heavy atom. The number of benzene rings is 2. The first-order valence-corrected chi connectivity index (χ1v) is 7.64. The Morgan fingerprint density at radius 1 is 1.14 bits per heavy atom. The topological polar surface area (TPSA) is 78.0 Å². The summed E-state index contributed by atoms with van der Waals surface area (Å²) in [7, 11) is 0. The van der Waals surface area contributed by atoms with Crippen molar-refractivity contribution in [1.82, 2.24) is 9.55 Å². The first-order valence-electron chi connectivity index (χ1n) is 6.38. The van der Waals surface area contributed by atoms with Crippen LogP contribution in [0, 0.1) is 0 Å². The molecule has 2 aromatic carbocycles. The molecule has 1 aliphatic heterocycles. The Hall–Kier alpha value is -2.15. The highest BCUT2D eigenvalue weighted by atomic mass is 35.5. The van der Waals surface area contributed by atoms with Crippen molar-refractivity contribution in [2.75, 3.05) is 0 Å². The lowest BCUT2D eigenvalue weighted by molar-refractivity contribution is 0.103. The standard InChI is InChI=1S/C15H8ClN3O2S/c16-7-1-3-9-11(5-7)18-14-13(20)10-6-8(22-17)2-4-12(10)19(14)15(9)21/h1-6H,17H2. The fourth-order valence-corrected chi connectivity index (χ4v) is 3.12. The van der Waals surface area contributed by atoms with Gasteiger partial charge in [0.2, 0.25) is 5.78 Å². The summed E-state index contributed by atoms with van der Waals surface area (Å²) in [5.41, 5.74) is 1.10. The smallest absolute Gasteiger partial charge is 0.266 e. The SMILES string of the molecule is NSc1ccc2c(c1)C(=O)c1nc3cc(Cl)ccc3c(=O)n1-2. The third kappa shape index (κ3) is 1.75. The van der Waals surface area contributed by atoms with Gasteiger partial charge in [-0.2, -0.15) is 0 Å². The quantitative estimate of drug-likeness (QED) is 0.543. The van der Waals surface area contributed by atoms with Gasteiger partial charge in [-0.15, -0.1) is 0 Å². The number of ketones is 1. The number of halogens is 1. The second-order valence-electron chi connectivity index (χ2n) is 4.86. The third-order valence-electron chi connectivity index (χ3n) is 3.62. The zero-order valence-corrected chi connectivity index (χ0v) is 12.6. The van der Waals surface area contributed by atoms with Gasteiger partial charge in [0, 0.05) is 9.92 Å². The fourth-order valence-electron chi connectivity index (χ4n) is 2.62. The zero-order chi connectivity index (χ0) is 15.4. The second kappa shape index (κ2) is 4.67. The van der Waals surface area contributed by atoms with E-state index in [1.165, 1.54) is 4.57 Å². The summed E-state index contributed by atoms with van der Waals surface area (Å²) in [5.74, 6) is -0.182. The molecule has 0 spiro atoms. The number of carbonyl (C=O) groups is 1. The average Bonchev–Trinajstić information content (AvgIpc) is 2.80. The molecule has 1 aliphatic rings. The van der Waals surface area contributed by atoms with Gasteiger partial charge in [-0.05, 0) is 48.3 Å². The molecular formula is C15H8ClN3O2S. The highest BCUT2D eigenvalue weighted by Gasteiger charge is 2.30. The largest absolute Gasteiger partial charge is 0.285 e. The van der Waals surface area contributed by atoms with Crippen molar-refractivity contribution in [2.24, 2.45) is 5.14 Å². The molecule has 0 unspecified atom stereocenters. The molecule has 108 valence electrons. The highest BCUT2D eigenvalue weighted by molar-refractivity contribution is 7.97. The minimum atomic E-state index is -0.287. The molecule has 0 fully saturated rings. The van der Waals surface area contributed by atoms with Gasteiger partial charge in [0.05, 0.1) is 22.2 Å². The lowest BCUT2D eigenvalue weighted by Crippen LogP contribution is -2.21. The van der Waals surface area contributed by atoms with E-state index in [1.54, 1.807) is 36.4 Å². The van der Waals surface area contributed by atoms with Gasteiger partial charge < -0.3 is 0 Å². The Balaban J connectivity index is 2.11. The van der Waals surface area contributed by atoms with E-state index in [0.717, 1.165) is 16.8 Å². The van der Waals surface area contributed by atoms with Gasteiger partial charge in [0.15, 0.2) is 5.82 Å². The molecule has 2 N–H and O–H groups in total. The summed E-state index contributed by atoms with van der Waals surface area (Å²) in [6.45, 7) is 0. The molecule has 0 bridgehead atoms. The lowest BCUT2D eigenvalue weighted by Gasteiger charge is -2.06. The van der Waals surface area contributed by atoms with Crippen molar-refractivity contribution < 1.29 is 4.79 Å². The second-order valence-corrected chi connectivity index (χ2v) is 6.01. The van der Waals surface area contributed by atoms with Crippen molar-refractivity contribution in [3.63, 3.8) is 0 Å². The molecule has 4 rings (SSSR count). The van der Waals surface area contributed by atoms with Crippen LogP contribution in [0.5, 0.6) is 0 Å². The van der Waals surface area contributed by atoms with Crippen LogP contribution in [0.3, 0.4) is 0 Å². The molecule has 0 aliphatic carbocycles. The maximum absolute atomic E-state index is 12.7. The van der Waals surface area contributed by atoms with Crippen LogP contribution >= 0.6 is 23.5 Å². The van der Waals surface area contributed by atoms with Gasteiger partial charge in [-0.1, -0.05) is 11.6 Å². The third-order valence-corrected chi connectivity index (χ3v) is 4.39. The summed E-state index contributed by atoms with van der Waals surface area (Å²) in [4.78, 5) is 30.3. The summed E-state index contributed by atoms with van der Waals surface area (Å²) >= 11 is 6.98. The number of nitrogens with zero attached hydrogens (tertiary/aromatic N) is 2. The van der Waals surface area contributed by atoms with Crippen molar-refractivity contribution in [2.45, 2.75) is 4.90 Å². The molecule has 5 nitrogen and oxygen atoms in total. The van der Waals surface area contributed by atoms with E-state index in [2.05, 4.69) is 4.98 Å². The van der Waals surface area contributed by atoms with Crippen LogP contribution in [0.25, 0.3) is 16.6 Å². The normalized spacial score (nSPS) is 12.5. The first-order chi connectivity index (χ1) is 10.6. The van der Waals surface area contributed by atoms with Crippen LogP contribution in [0.1, 0.15) is 16.2 Å². The van der Waals surface area contributed by atoms with E-state index in [9.17, 15) is 9.59 Å². The van der Waals surface area contributed by atoms with E-state index >= 15 is 0 Å². The summed E-state index contributed by atoms with van der Waals surface area (Å²) in [6.07, 6.45) is 0. The maximum atomic E-state index is 12.7. The molecule has 1 aromatic heterocycles. The minimum Gasteiger partial charge on any atom is -0.285 e. The van der Waals surface area contributed by atoms with E-state index in [4.69, 9.17) is 16.7 Å². The molecule has 7 heteroatoms. The van der Waals surface area contributed by atoms with Crippen LogP contribution in [0.4, 0.5) is 0 Å². The van der Waals surface area contributed by atoms with E-state index < -0.39 is 0 Å². The van der Waals surface area contributed by atoms with Crippen molar-refractivity contribution in [3.8, 4) is 5.69 Å². The predicted octanol–water partition coefficient (Wildman–Crippen LogP) is 2.55. The highest BCUT2D eigenvalue weighted by Crippen LogP contribution is 2.29. The van der Waals surface area contributed by atoms with Gasteiger partial charge in [-0.3, -0.25) is 19.3 Å². The van der Waals surface area contributed by atoms with Gasteiger partial charge >= 0.3 is 0 Å². The monoisotopic (exact) mass is 329 g/mol. The summed E-state index contributed by atoms with van der Waals surface area (Å²) in [5, 5.41) is 6.42. The predicted molar refractivity (Wildman–Crippen MR) is 85.8 cm³/mol.